The summed E-state index contributed by atoms with van der Waals surface area (Å²) in [4.78, 5) is 42.8. The number of hydrogen-bond acceptors (Lipinski definition) is 7. The number of piperidine rings is 1. The van der Waals surface area contributed by atoms with Crippen LogP contribution < -0.4 is 16.0 Å². The summed E-state index contributed by atoms with van der Waals surface area (Å²) in [5.74, 6) is -0.828. The number of anilines is 1. The van der Waals surface area contributed by atoms with Gasteiger partial charge in [0, 0.05) is 18.7 Å². The van der Waals surface area contributed by atoms with Gasteiger partial charge < -0.3 is 11.1 Å². The molecule has 1 spiro atoms. The fourth-order valence-electron chi connectivity index (χ4n) is 4.90. The van der Waals surface area contributed by atoms with E-state index in [0.717, 1.165) is 28.2 Å². The Bertz CT molecular complexity index is 1400. The van der Waals surface area contributed by atoms with Gasteiger partial charge in [-0.15, -0.1) is 0 Å². The van der Waals surface area contributed by atoms with Crippen LogP contribution in [0.3, 0.4) is 0 Å². The highest BCUT2D eigenvalue weighted by molar-refractivity contribution is 8.00. The van der Waals surface area contributed by atoms with Crippen molar-refractivity contribution in [1.82, 2.24) is 9.62 Å². The average Bonchev–Trinajstić information content (AvgIpc) is 3.35. The summed E-state index contributed by atoms with van der Waals surface area (Å²) < 4.78 is 41.4. The van der Waals surface area contributed by atoms with Crippen molar-refractivity contribution in [3.63, 3.8) is 0 Å². The van der Waals surface area contributed by atoms with Crippen LogP contribution in [-0.2, 0) is 20.6 Å². The molecule has 0 bridgehead atoms. The number of aryl methyl sites for hydroxylation is 1. The Morgan fingerprint density at radius 3 is 2.51 bits per heavy atom. The van der Waals surface area contributed by atoms with Crippen molar-refractivity contribution in [3.8, 4) is 0 Å². The van der Waals surface area contributed by atoms with E-state index >= 15 is 0 Å². The SMILES string of the molecule is Cc1cc(N2C(=O)C[C@H](N)C2=O)ccc1/C=C/SN1CCC2(CC1)N=C(c1cccc(C(F)(F)F)c1)NC2=O. The summed E-state index contributed by atoms with van der Waals surface area (Å²) in [7, 11) is 0. The fraction of sp³-hybridized carbons (Fsp3) is 0.333. The molecule has 2 saturated heterocycles. The van der Waals surface area contributed by atoms with Gasteiger partial charge >= 0.3 is 6.18 Å². The van der Waals surface area contributed by atoms with Crippen molar-refractivity contribution in [3.05, 3.63) is 70.1 Å². The number of rotatable bonds is 5. The van der Waals surface area contributed by atoms with E-state index in [-0.39, 0.29) is 29.6 Å². The summed E-state index contributed by atoms with van der Waals surface area (Å²) in [6.07, 6.45) is -1.66. The third kappa shape index (κ3) is 5.36. The second-order valence-corrected chi connectivity index (χ2v) is 10.8. The van der Waals surface area contributed by atoms with Gasteiger partial charge in [0.25, 0.3) is 11.8 Å². The van der Waals surface area contributed by atoms with Crippen LogP contribution >= 0.6 is 11.9 Å². The first-order valence-corrected chi connectivity index (χ1v) is 13.2. The number of amides is 3. The maximum absolute atomic E-state index is 13.1. The van der Waals surface area contributed by atoms with Crippen molar-refractivity contribution in [1.29, 1.82) is 0 Å². The minimum absolute atomic E-state index is 0.00677. The summed E-state index contributed by atoms with van der Waals surface area (Å²) in [6, 6.07) is 9.33. The molecule has 0 saturated carbocycles. The quantitative estimate of drug-likeness (QED) is 0.430. The van der Waals surface area contributed by atoms with Gasteiger partial charge in [-0.05, 0) is 66.6 Å². The Morgan fingerprint density at radius 1 is 1.13 bits per heavy atom. The summed E-state index contributed by atoms with van der Waals surface area (Å²) in [5.41, 5.74) is 6.48. The Morgan fingerprint density at radius 2 is 1.87 bits per heavy atom. The van der Waals surface area contributed by atoms with Crippen molar-refractivity contribution >= 4 is 47.3 Å². The van der Waals surface area contributed by atoms with Crippen LogP contribution in [0.1, 0.15) is 41.5 Å². The molecule has 204 valence electrons. The highest BCUT2D eigenvalue weighted by Crippen LogP contribution is 2.35. The predicted octanol–water partition coefficient (Wildman–Crippen LogP) is 3.63. The molecule has 3 amide bonds. The third-order valence-electron chi connectivity index (χ3n) is 7.14. The zero-order valence-electron chi connectivity index (χ0n) is 21.0. The summed E-state index contributed by atoms with van der Waals surface area (Å²) in [6.45, 7) is 3.03. The molecule has 2 aromatic carbocycles. The molecule has 3 N–H and O–H groups in total. The number of nitrogens with one attached hydrogen (secondary N) is 1. The van der Waals surface area contributed by atoms with Crippen LogP contribution in [0.4, 0.5) is 18.9 Å². The highest BCUT2D eigenvalue weighted by Gasteiger charge is 2.46. The minimum atomic E-state index is -4.48. The van der Waals surface area contributed by atoms with Gasteiger partial charge in [-0.25, -0.2) is 9.21 Å². The number of carbonyl (C=O) groups excluding carboxylic acids is 3. The smallest absolute Gasteiger partial charge is 0.319 e. The number of nitrogens with zero attached hydrogens (tertiary/aromatic N) is 3. The maximum atomic E-state index is 13.1. The normalized spacial score (nSPS) is 21.8. The molecule has 2 fully saturated rings. The molecule has 0 unspecified atom stereocenters. The lowest BCUT2D eigenvalue weighted by Gasteiger charge is -2.34. The van der Waals surface area contributed by atoms with Gasteiger partial charge in [0.05, 0.1) is 23.7 Å². The molecule has 1 atom stereocenters. The van der Waals surface area contributed by atoms with E-state index in [9.17, 15) is 27.6 Å². The standard InChI is InChI=1S/C27H26F3N5O3S/c1-16-13-20(35-22(36)15-21(31)24(35)37)6-5-17(16)7-12-39-34-10-8-26(9-11-34)25(38)32-23(33-26)18-3-2-4-19(14-18)27(28,29)30/h2-7,12-14,21H,8-11,15,31H2,1H3,(H,32,33,38)/b12-7+/t21-/m0/s1. The first-order valence-electron chi connectivity index (χ1n) is 12.4. The number of alkyl halides is 3. The zero-order chi connectivity index (χ0) is 27.9. The fourth-order valence-corrected chi connectivity index (χ4v) is 5.67. The number of benzene rings is 2. The number of halogens is 3. The third-order valence-corrected chi connectivity index (χ3v) is 8.07. The van der Waals surface area contributed by atoms with E-state index in [1.807, 2.05) is 24.5 Å². The van der Waals surface area contributed by atoms with Crippen LogP contribution in [0.15, 0.2) is 52.9 Å². The first kappa shape index (κ1) is 27.1. The topological polar surface area (TPSA) is 108 Å². The van der Waals surface area contributed by atoms with Crippen LogP contribution in [0, 0.1) is 6.92 Å². The lowest BCUT2D eigenvalue weighted by Crippen LogP contribution is -2.47. The Kier molecular flexibility index (Phi) is 7.12. The molecular weight excluding hydrogens is 531 g/mol. The van der Waals surface area contributed by atoms with E-state index in [2.05, 4.69) is 14.6 Å². The average molecular weight is 558 g/mol. The van der Waals surface area contributed by atoms with Gasteiger partial charge in [0.15, 0.2) is 0 Å². The Labute approximate surface area is 227 Å². The van der Waals surface area contributed by atoms with Crippen molar-refractivity contribution in [2.24, 2.45) is 10.7 Å². The first-order chi connectivity index (χ1) is 18.5. The second kappa shape index (κ2) is 10.2. The highest BCUT2D eigenvalue weighted by atomic mass is 32.2. The van der Waals surface area contributed by atoms with Gasteiger partial charge in [0.2, 0.25) is 5.91 Å². The second-order valence-electron chi connectivity index (χ2n) is 9.78. The minimum Gasteiger partial charge on any atom is -0.319 e. The number of nitrogens with two attached hydrogens (primary N) is 1. The van der Waals surface area contributed by atoms with Crippen molar-refractivity contribution in [2.45, 2.75) is 43.9 Å². The van der Waals surface area contributed by atoms with Crippen LogP contribution in [-0.4, -0.2) is 52.5 Å². The van der Waals surface area contributed by atoms with E-state index < -0.39 is 29.2 Å². The predicted molar refractivity (Wildman–Crippen MR) is 143 cm³/mol. The van der Waals surface area contributed by atoms with Crippen LogP contribution in [0.25, 0.3) is 6.08 Å². The molecule has 8 nitrogen and oxygen atoms in total. The molecule has 0 radical (unpaired) electrons. The maximum Gasteiger partial charge on any atom is 0.416 e. The van der Waals surface area contributed by atoms with E-state index in [4.69, 9.17) is 5.73 Å². The van der Waals surface area contributed by atoms with Crippen LogP contribution in [0.2, 0.25) is 0 Å². The Hall–Kier alpha value is -3.48. The van der Waals surface area contributed by atoms with Crippen molar-refractivity contribution < 1.29 is 27.6 Å². The number of amidine groups is 1. The summed E-state index contributed by atoms with van der Waals surface area (Å²) in [5, 5.41) is 4.60. The Balaban J connectivity index is 1.20. The van der Waals surface area contributed by atoms with Crippen molar-refractivity contribution in [2.75, 3.05) is 18.0 Å². The number of hydrogen-bond donors (Lipinski definition) is 2. The molecule has 2 aromatic rings. The molecule has 3 aliphatic rings. The summed E-state index contributed by atoms with van der Waals surface area (Å²) >= 11 is 1.49. The van der Waals surface area contributed by atoms with E-state index in [1.165, 1.54) is 24.1 Å². The molecule has 0 aliphatic carbocycles. The largest absolute Gasteiger partial charge is 0.416 e. The molecule has 39 heavy (non-hydrogen) atoms. The lowest BCUT2D eigenvalue weighted by atomic mass is 9.89. The molecule has 0 aromatic heterocycles. The molecule has 5 rings (SSSR count). The molecule has 12 heteroatoms. The van der Waals surface area contributed by atoms with Crippen LogP contribution in [0.5, 0.6) is 0 Å². The monoisotopic (exact) mass is 557 g/mol. The molecule has 3 aliphatic heterocycles. The lowest BCUT2D eigenvalue weighted by molar-refractivity contribution is -0.137. The van der Waals surface area contributed by atoms with E-state index in [0.29, 0.717) is 31.6 Å². The van der Waals surface area contributed by atoms with Gasteiger partial charge in [-0.2, -0.15) is 13.2 Å². The van der Waals surface area contributed by atoms with Gasteiger partial charge in [-0.3, -0.25) is 19.4 Å². The van der Waals surface area contributed by atoms with Gasteiger partial charge in [0.1, 0.15) is 11.4 Å². The molecular formula is C27H26F3N5O3S. The zero-order valence-corrected chi connectivity index (χ0v) is 21.8. The molecule has 3 heterocycles. The number of imide groups is 1. The van der Waals surface area contributed by atoms with Gasteiger partial charge in [-0.1, -0.05) is 30.1 Å². The number of aliphatic imine (C=N–C) groups is 1. The van der Waals surface area contributed by atoms with E-state index in [1.54, 1.807) is 12.1 Å². The number of carbonyl (C=O) groups is 3.